The van der Waals surface area contributed by atoms with Gasteiger partial charge in [-0.25, -0.2) is 4.79 Å². The maximum Gasteiger partial charge on any atom is 0.328 e. The SMILES string of the molecule is N#Cc1ccc(Cn2ccn(C[C@@H](O)CN3CCc4ccccc4C3)c2=O)cc1. The van der Waals surface area contributed by atoms with Gasteiger partial charge < -0.3 is 5.11 Å². The Morgan fingerprint density at radius 2 is 1.72 bits per heavy atom. The van der Waals surface area contributed by atoms with Gasteiger partial charge in [-0.2, -0.15) is 5.26 Å². The van der Waals surface area contributed by atoms with Crippen LogP contribution in [0.25, 0.3) is 0 Å². The zero-order valence-electron chi connectivity index (χ0n) is 16.2. The van der Waals surface area contributed by atoms with Gasteiger partial charge in [0.1, 0.15) is 0 Å². The van der Waals surface area contributed by atoms with Gasteiger partial charge in [0, 0.05) is 32.0 Å². The zero-order chi connectivity index (χ0) is 20.2. The Bertz CT molecular complexity index is 1080. The van der Waals surface area contributed by atoms with E-state index in [2.05, 4.69) is 35.2 Å². The van der Waals surface area contributed by atoms with Gasteiger partial charge in [-0.05, 0) is 35.2 Å². The van der Waals surface area contributed by atoms with Gasteiger partial charge in [0.15, 0.2) is 0 Å². The first kappa shape index (κ1) is 19.2. The maximum absolute atomic E-state index is 12.6. The Kier molecular flexibility index (Phi) is 5.61. The standard InChI is InChI=1S/C23H24N4O2/c24-13-18-5-7-19(8-6-18)14-26-11-12-27(23(26)29)17-22(28)16-25-10-9-20-3-1-2-4-21(20)15-25/h1-8,11-12,22,28H,9-10,14-17H2/t22-/m0/s1. The van der Waals surface area contributed by atoms with Crippen LogP contribution in [-0.2, 0) is 26.1 Å². The van der Waals surface area contributed by atoms with Crippen molar-refractivity contribution in [1.29, 1.82) is 5.26 Å². The van der Waals surface area contributed by atoms with Crippen molar-refractivity contribution in [2.75, 3.05) is 13.1 Å². The number of nitrogens with zero attached hydrogens (tertiary/aromatic N) is 4. The molecule has 2 aromatic carbocycles. The van der Waals surface area contributed by atoms with Crippen LogP contribution < -0.4 is 5.69 Å². The Hall–Kier alpha value is -3.14. The molecule has 1 N–H and O–H groups in total. The van der Waals surface area contributed by atoms with Crippen molar-refractivity contribution in [2.24, 2.45) is 0 Å². The van der Waals surface area contributed by atoms with E-state index in [0.717, 1.165) is 25.1 Å². The van der Waals surface area contributed by atoms with Crippen LogP contribution in [0.15, 0.2) is 65.7 Å². The average Bonchev–Trinajstić information content (AvgIpc) is 3.07. The summed E-state index contributed by atoms with van der Waals surface area (Å²) in [5.41, 5.74) is 4.11. The first-order chi connectivity index (χ1) is 14.1. The maximum atomic E-state index is 12.6. The van der Waals surface area contributed by atoms with E-state index in [1.54, 1.807) is 33.7 Å². The second-order valence-electron chi connectivity index (χ2n) is 7.58. The van der Waals surface area contributed by atoms with Crippen molar-refractivity contribution in [2.45, 2.75) is 32.2 Å². The third kappa shape index (κ3) is 4.48. The molecule has 0 radical (unpaired) electrons. The second-order valence-corrected chi connectivity index (χ2v) is 7.58. The van der Waals surface area contributed by atoms with Gasteiger partial charge in [-0.15, -0.1) is 0 Å². The predicted molar refractivity (Wildman–Crippen MR) is 110 cm³/mol. The lowest BCUT2D eigenvalue weighted by atomic mass is 10.00. The fourth-order valence-corrected chi connectivity index (χ4v) is 3.89. The quantitative estimate of drug-likeness (QED) is 0.701. The van der Waals surface area contributed by atoms with E-state index < -0.39 is 6.10 Å². The van der Waals surface area contributed by atoms with E-state index in [-0.39, 0.29) is 12.2 Å². The van der Waals surface area contributed by atoms with E-state index in [1.165, 1.54) is 11.1 Å². The van der Waals surface area contributed by atoms with Crippen molar-refractivity contribution < 1.29 is 5.11 Å². The van der Waals surface area contributed by atoms with Crippen LogP contribution in [0.3, 0.4) is 0 Å². The van der Waals surface area contributed by atoms with Crippen LogP contribution >= 0.6 is 0 Å². The number of β-amino-alcohol motifs (C(OH)–C–C–N with tert-alkyl or cyclic N) is 1. The fourth-order valence-electron chi connectivity index (χ4n) is 3.89. The molecule has 2 heterocycles. The summed E-state index contributed by atoms with van der Waals surface area (Å²) in [4.78, 5) is 14.9. The van der Waals surface area contributed by atoms with Crippen molar-refractivity contribution in [1.82, 2.24) is 14.0 Å². The monoisotopic (exact) mass is 388 g/mol. The number of aromatic nitrogens is 2. The Morgan fingerprint density at radius 1 is 1.00 bits per heavy atom. The van der Waals surface area contributed by atoms with E-state index in [0.29, 0.717) is 18.7 Å². The van der Waals surface area contributed by atoms with Crippen LogP contribution in [-0.4, -0.2) is 38.3 Å². The molecule has 0 saturated carbocycles. The first-order valence-corrected chi connectivity index (χ1v) is 9.84. The van der Waals surface area contributed by atoms with E-state index in [9.17, 15) is 9.90 Å². The van der Waals surface area contributed by atoms with E-state index >= 15 is 0 Å². The molecule has 1 aliphatic heterocycles. The first-order valence-electron chi connectivity index (χ1n) is 9.84. The number of aliphatic hydroxyl groups excluding tert-OH is 1. The molecular weight excluding hydrogens is 364 g/mol. The Morgan fingerprint density at radius 3 is 2.48 bits per heavy atom. The van der Waals surface area contributed by atoms with Crippen LogP contribution in [0.2, 0.25) is 0 Å². The lowest BCUT2D eigenvalue weighted by Gasteiger charge is -2.30. The minimum absolute atomic E-state index is 0.141. The fraction of sp³-hybridized carbons (Fsp3) is 0.304. The molecule has 0 spiro atoms. The minimum atomic E-state index is -0.608. The lowest BCUT2D eigenvalue weighted by Crippen LogP contribution is -2.39. The predicted octanol–water partition coefficient (Wildman–Crippen LogP) is 1.99. The van der Waals surface area contributed by atoms with Gasteiger partial charge in [-0.1, -0.05) is 36.4 Å². The highest BCUT2D eigenvalue weighted by Gasteiger charge is 2.19. The molecule has 0 unspecified atom stereocenters. The van der Waals surface area contributed by atoms with Gasteiger partial charge >= 0.3 is 5.69 Å². The van der Waals surface area contributed by atoms with Gasteiger partial charge in [0.05, 0.1) is 30.8 Å². The van der Waals surface area contributed by atoms with Crippen LogP contribution in [0.1, 0.15) is 22.3 Å². The zero-order valence-corrected chi connectivity index (χ0v) is 16.2. The summed E-state index contributed by atoms with van der Waals surface area (Å²) < 4.78 is 3.18. The summed E-state index contributed by atoms with van der Waals surface area (Å²) in [7, 11) is 0. The van der Waals surface area contributed by atoms with Crippen LogP contribution in [0.5, 0.6) is 0 Å². The summed E-state index contributed by atoms with van der Waals surface area (Å²) in [6, 6.07) is 17.7. The van der Waals surface area contributed by atoms with Gasteiger partial charge in [0.25, 0.3) is 0 Å². The molecule has 6 heteroatoms. The van der Waals surface area contributed by atoms with E-state index in [1.807, 2.05) is 12.1 Å². The average molecular weight is 388 g/mol. The van der Waals surface area contributed by atoms with Crippen LogP contribution in [0, 0.1) is 11.3 Å². The van der Waals surface area contributed by atoms with Crippen molar-refractivity contribution >= 4 is 0 Å². The highest BCUT2D eigenvalue weighted by Crippen LogP contribution is 2.18. The number of benzene rings is 2. The number of hydrogen-bond acceptors (Lipinski definition) is 4. The molecule has 148 valence electrons. The number of aliphatic hydroxyl groups is 1. The van der Waals surface area contributed by atoms with Gasteiger partial charge in [-0.3, -0.25) is 14.0 Å². The summed E-state index contributed by atoms with van der Waals surface area (Å²) in [6.07, 6.45) is 3.85. The highest BCUT2D eigenvalue weighted by atomic mass is 16.3. The molecule has 3 aromatic rings. The van der Waals surface area contributed by atoms with Crippen molar-refractivity contribution in [3.05, 3.63) is 93.7 Å². The minimum Gasteiger partial charge on any atom is -0.390 e. The number of hydrogen-bond donors (Lipinski definition) is 1. The topological polar surface area (TPSA) is 74.2 Å². The summed E-state index contributed by atoms with van der Waals surface area (Å²) in [5, 5.41) is 19.4. The molecular formula is C23H24N4O2. The molecule has 1 aliphatic rings. The van der Waals surface area contributed by atoms with E-state index in [4.69, 9.17) is 5.26 Å². The molecule has 1 aromatic heterocycles. The molecule has 1 atom stereocenters. The van der Waals surface area contributed by atoms with Crippen molar-refractivity contribution in [3.63, 3.8) is 0 Å². The molecule has 4 rings (SSSR count). The molecule has 0 saturated heterocycles. The molecule has 0 amide bonds. The molecule has 0 fully saturated rings. The normalized spacial score (nSPS) is 14.9. The summed E-state index contributed by atoms with van der Waals surface area (Å²) >= 11 is 0. The third-order valence-corrected chi connectivity index (χ3v) is 5.44. The number of fused-ring (bicyclic) bond motifs is 1. The third-order valence-electron chi connectivity index (χ3n) is 5.44. The molecule has 6 nitrogen and oxygen atoms in total. The second kappa shape index (κ2) is 8.48. The van der Waals surface area contributed by atoms with Gasteiger partial charge in [0.2, 0.25) is 0 Å². The number of nitriles is 1. The Balaban J connectivity index is 1.36. The largest absolute Gasteiger partial charge is 0.390 e. The highest BCUT2D eigenvalue weighted by molar-refractivity contribution is 5.31. The summed E-state index contributed by atoms with van der Waals surface area (Å²) in [5.74, 6) is 0. The lowest BCUT2D eigenvalue weighted by molar-refractivity contribution is 0.0909. The number of imidazole rings is 1. The summed E-state index contributed by atoms with van der Waals surface area (Å²) in [6.45, 7) is 3.01. The molecule has 29 heavy (non-hydrogen) atoms. The molecule has 0 aliphatic carbocycles. The Labute approximate surface area is 169 Å². The molecule has 0 bridgehead atoms. The van der Waals surface area contributed by atoms with Crippen LogP contribution in [0.4, 0.5) is 0 Å². The van der Waals surface area contributed by atoms with Crippen molar-refractivity contribution in [3.8, 4) is 6.07 Å². The number of rotatable bonds is 6. The smallest absolute Gasteiger partial charge is 0.328 e.